The van der Waals surface area contributed by atoms with Gasteiger partial charge in [0.05, 0.1) is 11.4 Å². The van der Waals surface area contributed by atoms with E-state index in [2.05, 4.69) is 41.7 Å². The molecule has 0 saturated heterocycles. The molecule has 5 heteroatoms. The molecule has 5 nitrogen and oxygen atoms in total. The van der Waals surface area contributed by atoms with Gasteiger partial charge in [0, 0.05) is 18.0 Å². The van der Waals surface area contributed by atoms with E-state index in [1.807, 2.05) is 67.9 Å². The maximum absolute atomic E-state index is 12.2. The normalized spacial score (nSPS) is 11.4. The van der Waals surface area contributed by atoms with E-state index in [-0.39, 0.29) is 0 Å². The number of amides is 1. The molecule has 0 aliphatic carbocycles. The van der Waals surface area contributed by atoms with Crippen LogP contribution in [0.4, 0.5) is 10.5 Å². The van der Waals surface area contributed by atoms with Gasteiger partial charge in [-0.3, -0.25) is 5.32 Å². The zero-order chi connectivity index (χ0) is 20.4. The first-order chi connectivity index (χ1) is 13.9. The number of carbonyl (C=O) groups is 1. The summed E-state index contributed by atoms with van der Waals surface area (Å²) in [7, 11) is 0. The van der Waals surface area contributed by atoms with Crippen molar-refractivity contribution in [1.82, 2.24) is 9.38 Å². The Morgan fingerprint density at radius 2 is 1.55 bits per heavy atom. The molecular weight excluding hydrogens is 362 g/mol. The van der Waals surface area contributed by atoms with Crippen molar-refractivity contribution >= 4 is 17.4 Å². The highest BCUT2D eigenvalue weighted by molar-refractivity contribution is 5.90. The van der Waals surface area contributed by atoms with Crippen LogP contribution in [0.15, 0.2) is 79.1 Å². The zero-order valence-electron chi connectivity index (χ0n) is 16.7. The Balaban J connectivity index is 1.62. The first kappa shape index (κ1) is 18.7. The van der Waals surface area contributed by atoms with E-state index in [0.29, 0.717) is 11.3 Å². The van der Waals surface area contributed by atoms with Gasteiger partial charge in [0.15, 0.2) is 5.65 Å². The second kappa shape index (κ2) is 7.43. The number of fused-ring (bicyclic) bond motifs is 1. The van der Waals surface area contributed by atoms with Crippen LogP contribution in [0.3, 0.4) is 0 Å². The van der Waals surface area contributed by atoms with Crippen molar-refractivity contribution < 1.29 is 9.53 Å². The van der Waals surface area contributed by atoms with Crippen LogP contribution in [0.25, 0.3) is 28.0 Å². The number of rotatable bonds is 3. The highest BCUT2D eigenvalue weighted by atomic mass is 16.6. The molecule has 2 aromatic carbocycles. The molecule has 0 aliphatic heterocycles. The molecule has 2 aromatic heterocycles. The van der Waals surface area contributed by atoms with Gasteiger partial charge < -0.3 is 9.14 Å². The van der Waals surface area contributed by atoms with E-state index >= 15 is 0 Å². The third-order valence-corrected chi connectivity index (χ3v) is 4.41. The van der Waals surface area contributed by atoms with Gasteiger partial charge in [0.2, 0.25) is 0 Å². The van der Waals surface area contributed by atoms with Crippen molar-refractivity contribution in [3.63, 3.8) is 0 Å². The molecule has 29 heavy (non-hydrogen) atoms. The molecule has 0 bridgehead atoms. The molecule has 4 aromatic rings. The number of ether oxygens (including phenoxy) is 1. The van der Waals surface area contributed by atoms with Gasteiger partial charge in [-0.1, -0.05) is 54.6 Å². The van der Waals surface area contributed by atoms with Crippen molar-refractivity contribution in [2.24, 2.45) is 0 Å². The lowest BCUT2D eigenvalue weighted by molar-refractivity contribution is 0.0636. The summed E-state index contributed by atoms with van der Waals surface area (Å²) < 4.78 is 7.25. The monoisotopic (exact) mass is 385 g/mol. The van der Waals surface area contributed by atoms with Crippen LogP contribution in [0.2, 0.25) is 0 Å². The van der Waals surface area contributed by atoms with E-state index in [1.54, 1.807) is 0 Å². The summed E-state index contributed by atoms with van der Waals surface area (Å²) in [6, 6.07) is 22.2. The molecule has 4 rings (SSSR count). The number of benzene rings is 2. The predicted molar refractivity (Wildman–Crippen MR) is 116 cm³/mol. The maximum Gasteiger partial charge on any atom is 0.412 e. The molecule has 0 atom stereocenters. The van der Waals surface area contributed by atoms with E-state index < -0.39 is 11.7 Å². The lowest BCUT2D eigenvalue weighted by Crippen LogP contribution is -2.27. The highest BCUT2D eigenvalue weighted by Gasteiger charge is 2.17. The quantitative estimate of drug-likeness (QED) is 0.469. The minimum Gasteiger partial charge on any atom is -0.444 e. The minimum absolute atomic E-state index is 0.498. The van der Waals surface area contributed by atoms with Crippen LogP contribution in [0.1, 0.15) is 20.8 Å². The van der Waals surface area contributed by atoms with Crippen molar-refractivity contribution in [2.45, 2.75) is 26.4 Å². The average Bonchev–Trinajstić information content (AvgIpc) is 3.13. The lowest BCUT2D eigenvalue weighted by atomic mass is 10.0. The minimum atomic E-state index is -0.559. The Kier molecular flexibility index (Phi) is 4.80. The van der Waals surface area contributed by atoms with Gasteiger partial charge in [0.1, 0.15) is 5.60 Å². The lowest BCUT2D eigenvalue weighted by Gasteiger charge is -2.19. The van der Waals surface area contributed by atoms with E-state index in [9.17, 15) is 4.79 Å². The van der Waals surface area contributed by atoms with Gasteiger partial charge in [-0.25, -0.2) is 9.78 Å². The van der Waals surface area contributed by atoms with Crippen LogP contribution in [-0.2, 0) is 4.74 Å². The van der Waals surface area contributed by atoms with E-state index in [4.69, 9.17) is 9.72 Å². The fourth-order valence-electron chi connectivity index (χ4n) is 3.13. The molecule has 0 saturated carbocycles. The third-order valence-electron chi connectivity index (χ3n) is 4.41. The Labute approximate surface area is 170 Å². The van der Waals surface area contributed by atoms with Gasteiger partial charge in [-0.15, -0.1) is 0 Å². The smallest absolute Gasteiger partial charge is 0.412 e. The number of hydrogen-bond donors (Lipinski definition) is 1. The molecular formula is C24H23N3O2. The summed E-state index contributed by atoms with van der Waals surface area (Å²) in [5, 5.41) is 2.79. The van der Waals surface area contributed by atoms with Crippen LogP contribution < -0.4 is 5.32 Å². The second-order valence-corrected chi connectivity index (χ2v) is 7.85. The van der Waals surface area contributed by atoms with E-state index in [1.165, 1.54) is 5.56 Å². The number of nitrogens with zero attached hydrogens (tertiary/aromatic N) is 2. The molecule has 1 N–H and O–H groups in total. The van der Waals surface area contributed by atoms with Crippen molar-refractivity contribution in [2.75, 3.05) is 5.32 Å². The predicted octanol–water partition coefficient (Wildman–Crippen LogP) is 6.02. The number of nitrogens with one attached hydrogen (secondary N) is 1. The molecule has 0 spiro atoms. The third kappa shape index (κ3) is 4.29. The number of pyridine rings is 1. The summed E-state index contributed by atoms with van der Waals surface area (Å²) in [5.41, 5.74) is 4.90. The number of aromatic nitrogens is 2. The standard InChI is InChI=1S/C24H23N3O2/c1-24(2,3)29-23(28)26-20-10-7-15-27-16-21(25-22(20)27)19-13-11-18(12-14-19)17-8-5-4-6-9-17/h4-16H,1-3H3,(H,26,28). The fourth-order valence-corrected chi connectivity index (χ4v) is 3.13. The summed E-state index contributed by atoms with van der Waals surface area (Å²) in [6.45, 7) is 5.50. The summed E-state index contributed by atoms with van der Waals surface area (Å²) in [5.74, 6) is 0. The SMILES string of the molecule is CC(C)(C)OC(=O)Nc1cccn2cc(-c3ccc(-c4ccccc4)cc3)nc12. The molecule has 0 fully saturated rings. The molecule has 1 amide bonds. The van der Waals surface area contributed by atoms with Crippen LogP contribution in [-0.4, -0.2) is 21.1 Å². The van der Waals surface area contributed by atoms with Crippen LogP contribution in [0, 0.1) is 0 Å². The summed E-state index contributed by atoms with van der Waals surface area (Å²) >= 11 is 0. The Morgan fingerprint density at radius 1 is 0.897 bits per heavy atom. The fraction of sp³-hybridized carbons (Fsp3) is 0.167. The number of imidazole rings is 1. The van der Waals surface area contributed by atoms with Crippen LogP contribution in [0.5, 0.6) is 0 Å². The van der Waals surface area contributed by atoms with Gasteiger partial charge in [0.25, 0.3) is 0 Å². The summed E-state index contributed by atoms with van der Waals surface area (Å²) in [4.78, 5) is 16.9. The molecule has 0 unspecified atom stereocenters. The summed E-state index contributed by atoms with van der Waals surface area (Å²) in [6.07, 6.45) is 3.36. The number of carbonyl (C=O) groups excluding carboxylic acids is 1. The molecule has 0 aliphatic rings. The second-order valence-electron chi connectivity index (χ2n) is 7.85. The molecule has 146 valence electrons. The molecule has 2 heterocycles. The van der Waals surface area contributed by atoms with Crippen LogP contribution >= 0.6 is 0 Å². The first-order valence-corrected chi connectivity index (χ1v) is 9.53. The van der Waals surface area contributed by atoms with E-state index in [0.717, 1.165) is 16.8 Å². The Hall–Kier alpha value is -3.60. The van der Waals surface area contributed by atoms with Crippen molar-refractivity contribution in [3.8, 4) is 22.4 Å². The van der Waals surface area contributed by atoms with Gasteiger partial charge in [-0.05, 0) is 44.0 Å². The Bertz CT molecular complexity index is 1140. The van der Waals surface area contributed by atoms with Crippen molar-refractivity contribution in [3.05, 3.63) is 79.1 Å². The maximum atomic E-state index is 12.2. The topological polar surface area (TPSA) is 55.6 Å². The highest BCUT2D eigenvalue weighted by Crippen LogP contribution is 2.26. The largest absolute Gasteiger partial charge is 0.444 e. The first-order valence-electron chi connectivity index (χ1n) is 9.53. The Morgan fingerprint density at radius 3 is 2.24 bits per heavy atom. The zero-order valence-corrected chi connectivity index (χ0v) is 16.7. The van der Waals surface area contributed by atoms with Crippen molar-refractivity contribution in [1.29, 1.82) is 0 Å². The molecule has 0 radical (unpaired) electrons. The number of anilines is 1. The average molecular weight is 385 g/mol. The van der Waals surface area contributed by atoms with Gasteiger partial charge >= 0.3 is 6.09 Å². The van der Waals surface area contributed by atoms with Gasteiger partial charge in [-0.2, -0.15) is 0 Å². The number of hydrogen-bond acceptors (Lipinski definition) is 3.